The Morgan fingerprint density at radius 2 is 2.30 bits per heavy atom. The molecule has 8 heteroatoms. The van der Waals surface area contributed by atoms with Gasteiger partial charge in [-0.05, 0) is 48.0 Å². The number of hydrogen-bond acceptors (Lipinski definition) is 7. The van der Waals surface area contributed by atoms with Crippen LogP contribution in [0.1, 0.15) is 18.7 Å². The highest BCUT2D eigenvalue weighted by Gasteiger charge is 2.08. The van der Waals surface area contributed by atoms with E-state index in [4.69, 9.17) is 20.0 Å². The van der Waals surface area contributed by atoms with Crippen LogP contribution in [0.25, 0.3) is 0 Å². The summed E-state index contributed by atoms with van der Waals surface area (Å²) in [5.74, 6) is 1.45. The monoisotopic (exact) mass is 399 g/mol. The largest absolute Gasteiger partial charge is 0.494 e. The van der Waals surface area contributed by atoms with Crippen LogP contribution in [0.5, 0.6) is 16.7 Å². The van der Waals surface area contributed by atoms with Gasteiger partial charge in [0.15, 0.2) is 0 Å². The second-order valence-corrected chi connectivity index (χ2v) is 6.54. The van der Waals surface area contributed by atoms with Gasteiger partial charge in [0, 0.05) is 6.04 Å². The van der Waals surface area contributed by atoms with Crippen molar-refractivity contribution in [3.8, 4) is 16.7 Å². The Morgan fingerprint density at radius 1 is 1.48 bits per heavy atom. The van der Waals surface area contributed by atoms with E-state index in [-0.39, 0.29) is 6.04 Å². The van der Waals surface area contributed by atoms with Crippen molar-refractivity contribution in [3.05, 3.63) is 33.7 Å². The van der Waals surface area contributed by atoms with E-state index in [0.29, 0.717) is 24.2 Å². The van der Waals surface area contributed by atoms with E-state index < -0.39 is 0 Å². The molecular formula is C15H18BrN3O3S. The first-order chi connectivity index (χ1) is 11.1. The zero-order valence-electron chi connectivity index (χ0n) is 12.9. The molecule has 0 bridgehead atoms. The summed E-state index contributed by atoms with van der Waals surface area (Å²) in [4.78, 5) is 10.1. The molecule has 2 N–H and O–H groups in total. The molecule has 0 saturated heterocycles. The lowest BCUT2D eigenvalue weighted by Crippen LogP contribution is -2.20. The number of nitrogens with zero attached hydrogens (tertiary/aromatic N) is 2. The molecular weight excluding hydrogens is 382 g/mol. The lowest BCUT2D eigenvalue weighted by Gasteiger charge is -2.07. The highest BCUT2D eigenvalue weighted by molar-refractivity contribution is 9.10. The molecule has 0 amide bonds. The van der Waals surface area contributed by atoms with Crippen LogP contribution < -0.4 is 15.2 Å². The summed E-state index contributed by atoms with van der Waals surface area (Å²) < 4.78 is 12.0. The number of nitrogens with two attached hydrogens (primary N) is 1. The molecule has 0 saturated carbocycles. The van der Waals surface area contributed by atoms with Gasteiger partial charge < -0.3 is 20.0 Å². The van der Waals surface area contributed by atoms with Gasteiger partial charge in [-0.3, -0.25) is 0 Å². The van der Waals surface area contributed by atoms with E-state index in [1.165, 1.54) is 11.3 Å². The second-order valence-electron chi connectivity index (χ2n) is 4.66. The number of hydrogen-bond donors (Lipinski definition) is 1. The molecule has 2 aromatic rings. The normalized spacial score (nSPS) is 12.3. The number of thiazole rings is 1. The average Bonchev–Trinajstić information content (AvgIpc) is 2.94. The molecule has 0 radical (unpaired) electrons. The number of oxime groups is 1. The molecule has 1 aromatic heterocycles. The van der Waals surface area contributed by atoms with Crippen LogP contribution in [0, 0.1) is 0 Å². The minimum absolute atomic E-state index is 0.0514. The third kappa shape index (κ3) is 5.81. The molecule has 1 heterocycles. The van der Waals surface area contributed by atoms with Crippen LogP contribution in [-0.2, 0) is 4.84 Å². The van der Waals surface area contributed by atoms with Crippen molar-refractivity contribution >= 4 is 33.5 Å². The summed E-state index contributed by atoms with van der Waals surface area (Å²) in [7, 11) is 0. The standard InChI is InChI=1S/C15H18BrN3O3S/c1-3-20-11-4-5-14(13(16)6-11)22-15-18-7-12(23-15)8-19-21-9-10(2)17/h4-8,10H,3,9,17H2,1-2H3/t10-/m0/s1. The highest BCUT2D eigenvalue weighted by atomic mass is 79.9. The van der Waals surface area contributed by atoms with Gasteiger partial charge in [-0.15, -0.1) is 0 Å². The van der Waals surface area contributed by atoms with Crippen molar-refractivity contribution in [1.82, 2.24) is 4.98 Å². The molecule has 0 aliphatic heterocycles. The van der Waals surface area contributed by atoms with Gasteiger partial charge in [-0.25, -0.2) is 4.98 Å². The van der Waals surface area contributed by atoms with Crippen LogP contribution in [0.3, 0.4) is 0 Å². The second kappa shape index (κ2) is 8.85. The predicted molar refractivity (Wildman–Crippen MR) is 94.7 cm³/mol. The summed E-state index contributed by atoms with van der Waals surface area (Å²) in [6.45, 7) is 4.78. The molecule has 0 fully saturated rings. The van der Waals surface area contributed by atoms with Gasteiger partial charge in [0.25, 0.3) is 5.19 Å². The molecule has 0 spiro atoms. The maximum atomic E-state index is 5.75. The Kier molecular flexibility index (Phi) is 6.82. The number of halogens is 1. The molecule has 124 valence electrons. The fourth-order valence-corrected chi connectivity index (χ4v) is 2.62. The Bertz CT molecular complexity index is 661. The van der Waals surface area contributed by atoms with Crippen molar-refractivity contribution in [1.29, 1.82) is 0 Å². The van der Waals surface area contributed by atoms with Crippen LogP contribution >= 0.6 is 27.3 Å². The Hall–Kier alpha value is -1.64. The van der Waals surface area contributed by atoms with E-state index in [0.717, 1.165) is 15.1 Å². The van der Waals surface area contributed by atoms with Crippen LogP contribution in [0.2, 0.25) is 0 Å². The van der Waals surface area contributed by atoms with Gasteiger partial charge in [-0.2, -0.15) is 0 Å². The van der Waals surface area contributed by atoms with Crippen molar-refractivity contribution in [2.45, 2.75) is 19.9 Å². The number of benzene rings is 1. The first-order valence-electron chi connectivity index (χ1n) is 7.05. The quantitative estimate of drug-likeness (QED) is 0.539. The molecule has 23 heavy (non-hydrogen) atoms. The van der Waals surface area contributed by atoms with Gasteiger partial charge in [-0.1, -0.05) is 16.5 Å². The SMILES string of the molecule is CCOc1ccc(Oc2ncc(C=NOC[C@H](C)N)s2)c(Br)c1. The van der Waals surface area contributed by atoms with E-state index in [9.17, 15) is 0 Å². The fourth-order valence-electron chi connectivity index (χ4n) is 1.54. The van der Waals surface area contributed by atoms with Crippen molar-refractivity contribution in [2.24, 2.45) is 10.9 Å². The zero-order valence-corrected chi connectivity index (χ0v) is 15.3. The lowest BCUT2D eigenvalue weighted by atomic mass is 10.3. The molecule has 0 aliphatic carbocycles. The number of rotatable bonds is 8. The summed E-state index contributed by atoms with van der Waals surface area (Å²) >= 11 is 4.82. The summed E-state index contributed by atoms with van der Waals surface area (Å²) in [6, 6.07) is 5.48. The predicted octanol–water partition coefficient (Wildman–Crippen LogP) is 3.79. The van der Waals surface area contributed by atoms with Gasteiger partial charge in [0.05, 0.1) is 28.4 Å². The molecule has 1 aromatic carbocycles. The zero-order chi connectivity index (χ0) is 16.7. The minimum atomic E-state index is -0.0514. The molecule has 2 rings (SSSR count). The fraction of sp³-hybridized carbons (Fsp3) is 0.333. The van der Waals surface area contributed by atoms with E-state index in [1.807, 2.05) is 32.0 Å². The Balaban J connectivity index is 1.96. The van der Waals surface area contributed by atoms with Gasteiger partial charge >= 0.3 is 0 Å². The molecule has 1 atom stereocenters. The smallest absolute Gasteiger partial charge is 0.279 e. The molecule has 0 aliphatic rings. The average molecular weight is 400 g/mol. The van der Waals surface area contributed by atoms with Gasteiger partial charge in [0.2, 0.25) is 0 Å². The highest BCUT2D eigenvalue weighted by Crippen LogP contribution is 2.34. The van der Waals surface area contributed by atoms with Crippen molar-refractivity contribution in [2.75, 3.05) is 13.2 Å². The van der Waals surface area contributed by atoms with E-state index in [1.54, 1.807) is 12.4 Å². The van der Waals surface area contributed by atoms with Gasteiger partial charge in [0.1, 0.15) is 18.1 Å². The van der Waals surface area contributed by atoms with Crippen LogP contribution in [0.15, 0.2) is 34.0 Å². The number of aromatic nitrogens is 1. The Morgan fingerprint density at radius 3 is 3.00 bits per heavy atom. The topological polar surface area (TPSA) is 79.0 Å². The van der Waals surface area contributed by atoms with E-state index >= 15 is 0 Å². The first kappa shape index (κ1) is 17.7. The first-order valence-corrected chi connectivity index (χ1v) is 8.66. The van der Waals surface area contributed by atoms with Crippen LogP contribution in [0.4, 0.5) is 0 Å². The van der Waals surface area contributed by atoms with Crippen molar-refractivity contribution in [3.63, 3.8) is 0 Å². The minimum Gasteiger partial charge on any atom is -0.494 e. The third-order valence-electron chi connectivity index (χ3n) is 2.51. The lowest BCUT2D eigenvalue weighted by molar-refractivity contribution is 0.135. The van der Waals surface area contributed by atoms with Crippen molar-refractivity contribution < 1.29 is 14.3 Å². The van der Waals surface area contributed by atoms with E-state index in [2.05, 4.69) is 26.1 Å². The molecule has 0 unspecified atom stereocenters. The summed E-state index contributed by atoms with van der Waals surface area (Å²) in [5.41, 5.74) is 5.56. The van der Waals surface area contributed by atoms with Crippen LogP contribution in [-0.4, -0.2) is 30.5 Å². The Labute approximate surface area is 147 Å². The maximum Gasteiger partial charge on any atom is 0.279 e. The number of ether oxygens (including phenoxy) is 2. The summed E-state index contributed by atoms with van der Waals surface area (Å²) in [5, 5.41) is 4.35. The maximum absolute atomic E-state index is 5.75. The molecule has 6 nitrogen and oxygen atoms in total. The summed E-state index contributed by atoms with van der Waals surface area (Å²) in [6.07, 6.45) is 3.25. The third-order valence-corrected chi connectivity index (χ3v) is 3.94.